The van der Waals surface area contributed by atoms with E-state index in [1.165, 1.54) is 5.56 Å². The van der Waals surface area contributed by atoms with Crippen LogP contribution in [0.25, 0.3) is 0 Å². The topological polar surface area (TPSA) is 58.2 Å². The summed E-state index contributed by atoms with van der Waals surface area (Å²) >= 11 is 0. The van der Waals surface area contributed by atoms with E-state index in [-0.39, 0.29) is 5.91 Å². The van der Waals surface area contributed by atoms with Gasteiger partial charge in [-0.15, -0.1) is 0 Å². The molecular weight excluding hydrogens is 302 g/mol. The number of carbonyl (C=O) groups excluding carboxylic acids is 1. The number of likely N-dealkylation sites (tertiary alicyclic amines) is 1. The fourth-order valence-corrected chi connectivity index (χ4v) is 3.50. The molecule has 1 aliphatic heterocycles. The van der Waals surface area contributed by atoms with Crippen LogP contribution in [0, 0.1) is 13.8 Å². The number of nitrogens with zero attached hydrogens (tertiary/aromatic N) is 2. The van der Waals surface area contributed by atoms with Crippen LogP contribution in [-0.4, -0.2) is 41.2 Å². The maximum atomic E-state index is 13.0. The summed E-state index contributed by atoms with van der Waals surface area (Å²) in [5.41, 5.74) is 3.63. The quantitative estimate of drug-likeness (QED) is 0.939. The van der Waals surface area contributed by atoms with E-state index in [4.69, 9.17) is 4.74 Å². The molecule has 3 rings (SSSR count). The first-order valence-electron chi connectivity index (χ1n) is 8.55. The molecule has 2 aromatic rings. The molecule has 128 valence electrons. The average Bonchev–Trinajstić information content (AvgIpc) is 2.80. The highest BCUT2D eigenvalue weighted by Gasteiger charge is 2.26. The SMILES string of the molecule is COc1ccc([C@@H]2CCCCN(C(=O)c3c(C)n[nH]c3C)C2)cc1. The Hall–Kier alpha value is -2.30. The number of methoxy groups -OCH3 is 1. The minimum atomic E-state index is 0.0964. The van der Waals surface area contributed by atoms with Crippen molar-refractivity contribution in [1.82, 2.24) is 15.1 Å². The highest BCUT2D eigenvalue weighted by atomic mass is 16.5. The van der Waals surface area contributed by atoms with Crippen LogP contribution in [0.2, 0.25) is 0 Å². The second kappa shape index (κ2) is 7.07. The molecule has 0 radical (unpaired) electrons. The van der Waals surface area contributed by atoms with E-state index in [2.05, 4.69) is 22.3 Å². The molecule has 1 N–H and O–H groups in total. The van der Waals surface area contributed by atoms with Gasteiger partial charge in [-0.25, -0.2) is 0 Å². The van der Waals surface area contributed by atoms with Crippen molar-refractivity contribution in [2.45, 2.75) is 39.0 Å². The summed E-state index contributed by atoms with van der Waals surface area (Å²) < 4.78 is 5.24. The lowest BCUT2D eigenvalue weighted by Gasteiger charge is -2.25. The maximum absolute atomic E-state index is 13.0. The van der Waals surface area contributed by atoms with E-state index in [0.29, 0.717) is 5.92 Å². The Kier molecular flexibility index (Phi) is 4.88. The van der Waals surface area contributed by atoms with Crippen molar-refractivity contribution in [1.29, 1.82) is 0 Å². The zero-order valence-corrected chi connectivity index (χ0v) is 14.6. The molecule has 2 heterocycles. The Morgan fingerprint density at radius 3 is 2.62 bits per heavy atom. The molecule has 1 aromatic carbocycles. The Labute approximate surface area is 143 Å². The lowest BCUT2D eigenvalue weighted by atomic mass is 9.94. The van der Waals surface area contributed by atoms with Gasteiger partial charge in [-0.1, -0.05) is 18.6 Å². The number of rotatable bonds is 3. The molecular formula is C19H25N3O2. The number of benzene rings is 1. The van der Waals surface area contributed by atoms with E-state index in [1.54, 1.807) is 7.11 Å². The Morgan fingerprint density at radius 1 is 1.25 bits per heavy atom. The van der Waals surface area contributed by atoms with Gasteiger partial charge in [-0.2, -0.15) is 5.10 Å². The van der Waals surface area contributed by atoms with Gasteiger partial charge in [0.1, 0.15) is 5.75 Å². The number of H-pyrrole nitrogens is 1. The van der Waals surface area contributed by atoms with Crippen molar-refractivity contribution in [3.8, 4) is 5.75 Å². The number of carbonyl (C=O) groups is 1. The molecule has 1 amide bonds. The molecule has 0 unspecified atom stereocenters. The van der Waals surface area contributed by atoms with Crippen LogP contribution < -0.4 is 4.74 Å². The normalized spacial score (nSPS) is 18.3. The number of hydrogen-bond donors (Lipinski definition) is 1. The number of aromatic nitrogens is 2. The molecule has 1 fully saturated rings. The molecule has 1 aromatic heterocycles. The molecule has 5 heteroatoms. The van der Waals surface area contributed by atoms with Crippen molar-refractivity contribution < 1.29 is 9.53 Å². The predicted octanol–water partition coefficient (Wildman–Crippen LogP) is 3.45. The summed E-state index contributed by atoms with van der Waals surface area (Å²) in [5, 5.41) is 7.08. The standard InChI is InChI=1S/C19H25N3O2/c1-13-18(14(2)21-20-13)19(23)22-11-5-4-6-16(12-22)15-7-9-17(24-3)10-8-15/h7-10,16H,4-6,11-12H2,1-3H3,(H,20,21)/t16-/m1/s1. The predicted molar refractivity (Wildman–Crippen MR) is 93.6 cm³/mol. The van der Waals surface area contributed by atoms with E-state index in [9.17, 15) is 4.79 Å². The summed E-state index contributed by atoms with van der Waals surface area (Å²) in [7, 11) is 1.68. The Bertz CT molecular complexity index is 686. The Balaban J connectivity index is 1.80. The van der Waals surface area contributed by atoms with Gasteiger partial charge in [-0.05, 0) is 44.4 Å². The minimum Gasteiger partial charge on any atom is -0.497 e. The van der Waals surface area contributed by atoms with Crippen molar-refractivity contribution >= 4 is 5.91 Å². The van der Waals surface area contributed by atoms with Gasteiger partial charge in [0, 0.05) is 24.7 Å². The van der Waals surface area contributed by atoms with Crippen LogP contribution >= 0.6 is 0 Å². The molecule has 1 saturated heterocycles. The fraction of sp³-hybridized carbons (Fsp3) is 0.474. The third-order valence-corrected chi connectivity index (χ3v) is 4.89. The van der Waals surface area contributed by atoms with Gasteiger partial charge in [0.2, 0.25) is 0 Å². The van der Waals surface area contributed by atoms with Gasteiger partial charge < -0.3 is 9.64 Å². The van der Waals surface area contributed by atoms with Crippen LogP contribution in [0.5, 0.6) is 5.75 Å². The first-order chi connectivity index (χ1) is 11.6. The summed E-state index contributed by atoms with van der Waals surface area (Å²) in [4.78, 5) is 15.0. The monoisotopic (exact) mass is 327 g/mol. The van der Waals surface area contributed by atoms with E-state index < -0.39 is 0 Å². The van der Waals surface area contributed by atoms with Crippen LogP contribution in [0.4, 0.5) is 0 Å². The summed E-state index contributed by atoms with van der Waals surface area (Å²) in [6.45, 7) is 5.37. The van der Waals surface area contributed by atoms with E-state index >= 15 is 0 Å². The van der Waals surface area contributed by atoms with Crippen LogP contribution in [0.3, 0.4) is 0 Å². The first kappa shape index (κ1) is 16.6. The third kappa shape index (κ3) is 3.30. The number of nitrogens with one attached hydrogen (secondary N) is 1. The van der Waals surface area contributed by atoms with Crippen LogP contribution in [-0.2, 0) is 0 Å². The average molecular weight is 327 g/mol. The van der Waals surface area contributed by atoms with Crippen molar-refractivity contribution in [2.24, 2.45) is 0 Å². The number of aryl methyl sites for hydroxylation is 2. The molecule has 0 aliphatic carbocycles. The van der Waals surface area contributed by atoms with E-state index in [1.807, 2.05) is 30.9 Å². The molecule has 1 aliphatic rings. The zero-order valence-electron chi connectivity index (χ0n) is 14.6. The summed E-state index contributed by atoms with van der Waals surface area (Å²) in [6.07, 6.45) is 3.30. The molecule has 0 bridgehead atoms. The largest absolute Gasteiger partial charge is 0.497 e. The lowest BCUT2D eigenvalue weighted by Crippen LogP contribution is -2.34. The molecule has 24 heavy (non-hydrogen) atoms. The molecule has 1 atom stereocenters. The fourth-order valence-electron chi connectivity index (χ4n) is 3.50. The number of aromatic amines is 1. The van der Waals surface area contributed by atoms with E-state index in [0.717, 1.165) is 55.1 Å². The van der Waals surface area contributed by atoms with Gasteiger partial charge in [-0.3, -0.25) is 9.89 Å². The van der Waals surface area contributed by atoms with Gasteiger partial charge >= 0.3 is 0 Å². The number of amides is 1. The van der Waals surface area contributed by atoms with Crippen molar-refractivity contribution in [2.75, 3.05) is 20.2 Å². The minimum absolute atomic E-state index is 0.0964. The van der Waals surface area contributed by atoms with Gasteiger partial charge in [0.15, 0.2) is 0 Å². The molecule has 0 spiro atoms. The van der Waals surface area contributed by atoms with Crippen LogP contribution in [0.1, 0.15) is 52.5 Å². The van der Waals surface area contributed by atoms with Gasteiger partial charge in [0.25, 0.3) is 5.91 Å². The molecule has 5 nitrogen and oxygen atoms in total. The maximum Gasteiger partial charge on any atom is 0.257 e. The summed E-state index contributed by atoms with van der Waals surface area (Å²) in [5.74, 6) is 1.33. The second-order valence-electron chi connectivity index (χ2n) is 6.53. The third-order valence-electron chi connectivity index (χ3n) is 4.89. The highest BCUT2D eigenvalue weighted by Crippen LogP contribution is 2.29. The zero-order chi connectivity index (χ0) is 17.1. The number of hydrogen-bond acceptors (Lipinski definition) is 3. The number of ether oxygens (including phenoxy) is 1. The lowest BCUT2D eigenvalue weighted by molar-refractivity contribution is 0.0753. The highest BCUT2D eigenvalue weighted by molar-refractivity contribution is 5.96. The van der Waals surface area contributed by atoms with Crippen LogP contribution in [0.15, 0.2) is 24.3 Å². The second-order valence-corrected chi connectivity index (χ2v) is 6.53. The van der Waals surface area contributed by atoms with Crippen molar-refractivity contribution in [3.63, 3.8) is 0 Å². The first-order valence-corrected chi connectivity index (χ1v) is 8.55. The Morgan fingerprint density at radius 2 is 2.00 bits per heavy atom. The van der Waals surface area contributed by atoms with Crippen molar-refractivity contribution in [3.05, 3.63) is 46.8 Å². The summed E-state index contributed by atoms with van der Waals surface area (Å²) in [6, 6.07) is 8.23. The smallest absolute Gasteiger partial charge is 0.257 e. The van der Waals surface area contributed by atoms with Gasteiger partial charge in [0.05, 0.1) is 18.4 Å². The molecule has 0 saturated carbocycles.